The van der Waals surface area contributed by atoms with Crippen molar-refractivity contribution in [2.24, 2.45) is 0 Å². The van der Waals surface area contributed by atoms with Gasteiger partial charge >= 0.3 is 0 Å². The normalized spacial score (nSPS) is 20.0. The quantitative estimate of drug-likeness (QED) is 0.864. The number of nitrogens with one attached hydrogen (secondary N) is 1. The molecule has 1 aromatic rings. The summed E-state index contributed by atoms with van der Waals surface area (Å²) in [5.41, 5.74) is 8.78. The lowest BCUT2D eigenvalue weighted by Gasteiger charge is -2.26. The van der Waals surface area contributed by atoms with Gasteiger partial charge in [-0.2, -0.15) is 0 Å². The maximum absolute atomic E-state index is 5.78. The van der Waals surface area contributed by atoms with Crippen LogP contribution in [0.1, 0.15) is 65.1 Å². The molecule has 0 spiro atoms. The number of benzene rings is 1. The molecule has 2 unspecified atom stereocenters. The SMILES string of the molecule is CNC(CCC1CCCO1)c1c(C)c(C)c(C)c(C)c1C. The van der Waals surface area contributed by atoms with Gasteiger partial charge in [-0.25, -0.2) is 0 Å². The summed E-state index contributed by atoms with van der Waals surface area (Å²) in [6.07, 6.45) is 5.27. The molecule has 118 valence electrons. The molecule has 1 N–H and O–H groups in total. The first-order valence-corrected chi connectivity index (χ1v) is 8.33. The number of hydrogen-bond donors (Lipinski definition) is 1. The Labute approximate surface area is 130 Å². The zero-order valence-electron chi connectivity index (χ0n) is 14.6. The van der Waals surface area contributed by atoms with Crippen LogP contribution < -0.4 is 5.32 Å². The Morgan fingerprint density at radius 1 is 1.00 bits per heavy atom. The van der Waals surface area contributed by atoms with Crippen LogP contribution in [-0.2, 0) is 4.74 Å². The fraction of sp³-hybridized carbons (Fsp3) is 0.684. The molecule has 2 heteroatoms. The molecule has 1 aromatic carbocycles. The summed E-state index contributed by atoms with van der Waals surface area (Å²) in [7, 11) is 2.09. The molecule has 0 amide bonds. The van der Waals surface area contributed by atoms with E-state index in [4.69, 9.17) is 4.74 Å². The highest BCUT2D eigenvalue weighted by Gasteiger charge is 2.22. The molecule has 0 bridgehead atoms. The van der Waals surface area contributed by atoms with E-state index >= 15 is 0 Å². The highest BCUT2D eigenvalue weighted by atomic mass is 16.5. The Bertz CT molecular complexity index is 472. The van der Waals surface area contributed by atoms with E-state index in [1.54, 1.807) is 0 Å². The predicted molar refractivity (Wildman–Crippen MR) is 90.1 cm³/mol. The third-order valence-electron chi connectivity index (χ3n) is 5.56. The Morgan fingerprint density at radius 3 is 2.05 bits per heavy atom. The second-order valence-electron chi connectivity index (χ2n) is 6.59. The Kier molecular flexibility index (Phi) is 5.45. The summed E-state index contributed by atoms with van der Waals surface area (Å²) in [4.78, 5) is 0. The lowest BCUT2D eigenvalue weighted by Crippen LogP contribution is -2.22. The van der Waals surface area contributed by atoms with Crippen molar-refractivity contribution in [3.8, 4) is 0 Å². The van der Waals surface area contributed by atoms with Crippen LogP contribution in [-0.4, -0.2) is 19.8 Å². The van der Waals surface area contributed by atoms with E-state index in [9.17, 15) is 0 Å². The van der Waals surface area contributed by atoms with Gasteiger partial charge in [0.25, 0.3) is 0 Å². The second kappa shape index (κ2) is 6.93. The third-order valence-corrected chi connectivity index (χ3v) is 5.56. The van der Waals surface area contributed by atoms with Crippen molar-refractivity contribution < 1.29 is 4.74 Å². The van der Waals surface area contributed by atoms with Crippen molar-refractivity contribution in [3.05, 3.63) is 33.4 Å². The van der Waals surface area contributed by atoms with Crippen molar-refractivity contribution in [1.82, 2.24) is 5.32 Å². The molecule has 0 aliphatic carbocycles. The van der Waals surface area contributed by atoms with Crippen LogP contribution in [0.15, 0.2) is 0 Å². The fourth-order valence-electron chi connectivity index (χ4n) is 3.71. The van der Waals surface area contributed by atoms with Crippen LogP contribution in [0.25, 0.3) is 0 Å². The zero-order valence-corrected chi connectivity index (χ0v) is 14.6. The maximum atomic E-state index is 5.78. The smallest absolute Gasteiger partial charge is 0.0576 e. The summed E-state index contributed by atoms with van der Waals surface area (Å²) < 4.78 is 5.78. The fourth-order valence-corrected chi connectivity index (χ4v) is 3.71. The molecule has 1 heterocycles. The van der Waals surface area contributed by atoms with E-state index in [-0.39, 0.29) is 0 Å². The van der Waals surface area contributed by atoms with Crippen LogP contribution in [0.3, 0.4) is 0 Å². The van der Waals surface area contributed by atoms with Gasteiger partial charge in [-0.15, -0.1) is 0 Å². The van der Waals surface area contributed by atoms with Crippen molar-refractivity contribution >= 4 is 0 Å². The van der Waals surface area contributed by atoms with E-state index in [0.29, 0.717) is 12.1 Å². The Morgan fingerprint density at radius 2 is 1.57 bits per heavy atom. The third kappa shape index (κ3) is 3.32. The van der Waals surface area contributed by atoms with Crippen molar-refractivity contribution in [2.75, 3.05) is 13.7 Å². The average molecular weight is 289 g/mol. The van der Waals surface area contributed by atoms with E-state index in [0.717, 1.165) is 19.4 Å². The van der Waals surface area contributed by atoms with Crippen LogP contribution in [0.4, 0.5) is 0 Å². The standard InChI is InChI=1S/C19H31NO/c1-12-13(2)15(4)19(16(5)14(12)3)18(20-6)10-9-17-8-7-11-21-17/h17-18,20H,7-11H2,1-6H3. The minimum Gasteiger partial charge on any atom is -0.378 e. The number of rotatable bonds is 5. The van der Waals surface area contributed by atoms with Crippen molar-refractivity contribution in [3.63, 3.8) is 0 Å². The lowest BCUT2D eigenvalue weighted by molar-refractivity contribution is 0.0998. The average Bonchev–Trinajstić information content (AvgIpc) is 3.00. The molecule has 0 radical (unpaired) electrons. The maximum Gasteiger partial charge on any atom is 0.0576 e. The largest absolute Gasteiger partial charge is 0.378 e. The summed E-state index contributed by atoms with van der Waals surface area (Å²) in [5, 5.41) is 3.54. The van der Waals surface area contributed by atoms with E-state index in [2.05, 4.69) is 47.0 Å². The molecular formula is C19H31NO. The molecule has 2 nitrogen and oxygen atoms in total. The molecule has 0 saturated carbocycles. The van der Waals surface area contributed by atoms with Gasteiger partial charge in [0.15, 0.2) is 0 Å². The summed E-state index contributed by atoms with van der Waals surface area (Å²) >= 11 is 0. The molecule has 1 aliphatic heterocycles. The molecule has 2 atom stereocenters. The highest BCUT2D eigenvalue weighted by molar-refractivity contribution is 5.50. The van der Waals surface area contributed by atoms with E-state index in [1.807, 2.05) is 0 Å². The van der Waals surface area contributed by atoms with Gasteiger partial charge in [-0.05, 0) is 101 Å². The summed E-state index contributed by atoms with van der Waals surface area (Å²) in [6.45, 7) is 12.3. The second-order valence-corrected chi connectivity index (χ2v) is 6.59. The van der Waals surface area contributed by atoms with Crippen molar-refractivity contribution in [1.29, 1.82) is 0 Å². The van der Waals surface area contributed by atoms with Gasteiger partial charge in [0.2, 0.25) is 0 Å². The molecule has 1 saturated heterocycles. The molecular weight excluding hydrogens is 258 g/mol. The van der Waals surface area contributed by atoms with Gasteiger partial charge in [0.1, 0.15) is 0 Å². The lowest BCUT2D eigenvalue weighted by atomic mass is 9.84. The first-order valence-electron chi connectivity index (χ1n) is 8.33. The molecule has 1 aliphatic rings. The van der Waals surface area contributed by atoms with Gasteiger partial charge in [0.05, 0.1) is 6.10 Å². The van der Waals surface area contributed by atoms with Crippen molar-refractivity contribution in [2.45, 2.75) is 72.4 Å². The zero-order chi connectivity index (χ0) is 15.6. The predicted octanol–water partition coefficient (Wildman–Crippen LogP) is 4.45. The van der Waals surface area contributed by atoms with E-state index < -0.39 is 0 Å². The van der Waals surface area contributed by atoms with Crippen LogP contribution in [0.2, 0.25) is 0 Å². The summed E-state index contributed by atoms with van der Waals surface area (Å²) in [6, 6.07) is 0.437. The molecule has 1 fully saturated rings. The van der Waals surface area contributed by atoms with Gasteiger partial charge < -0.3 is 10.1 Å². The Balaban J connectivity index is 2.24. The highest BCUT2D eigenvalue weighted by Crippen LogP contribution is 2.33. The topological polar surface area (TPSA) is 21.3 Å². The van der Waals surface area contributed by atoms with Crippen LogP contribution >= 0.6 is 0 Å². The van der Waals surface area contributed by atoms with Gasteiger partial charge in [-0.1, -0.05) is 0 Å². The van der Waals surface area contributed by atoms with Crippen LogP contribution in [0, 0.1) is 34.6 Å². The minimum atomic E-state index is 0.437. The Hall–Kier alpha value is -0.860. The monoisotopic (exact) mass is 289 g/mol. The minimum absolute atomic E-state index is 0.437. The van der Waals surface area contributed by atoms with Crippen LogP contribution in [0.5, 0.6) is 0 Å². The molecule has 2 rings (SSSR count). The number of hydrogen-bond acceptors (Lipinski definition) is 2. The first-order chi connectivity index (χ1) is 9.97. The molecule has 21 heavy (non-hydrogen) atoms. The van der Waals surface area contributed by atoms with Gasteiger partial charge in [-0.3, -0.25) is 0 Å². The number of ether oxygens (including phenoxy) is 1. The molecule has 0 aromatic heterocycles. The van der Waals surface area contributed by atoms with Gasteiger partial charge in [0, 0.05) is 12.6 Å². The summed E-state index contributed by atoms with van der Waals surface area (Å²) in [5.74, 6) is 0. The van der Waals surface area contributed by atoms with E-state index in [1.165, 1.54) is 46.2 Å². The first kappa shape index (κ1) is 16.5.